The van der Waals surface area contributed by atoms with Gasteiger partial charge in [-0.15, -0.1) is 0 Å². The maximum Gasteiger partial charge on any atom is 0.207 e. The molecule has 2 bridgehead atoms. The molecule has 6 rings (SSSR count). The Balaban J connectivity index is 1.58. The Hall–Kier alpha value is -2.70. The summed E-state index contributed by atoms with van der Waals surface area (Å²) >= 11 is 0. The highest BCUT2D eigenvalue weighted by molar-refractivity contribution is 7.91. The van der Waals surface area contributed by atoms with Gasteiger partial charge in [0.1, 0.15) is 0 Å². The number of para-hydroxylation sites is 1. The van der Waals surface area contributed by atoms with Crippen LogP contribution < -0.4 is 5.32 Å². The van der Waals surface area contributed by atoms with Crippen LogP contribution in [-0.2, 0) is 23.3 Å². The zero-order valence-electron chi connectivity index (χ0n) is 16.1. The van der Waals surface area contributed by atoms with Crippen LogP contribution >= 0.6 is 0 Å². The molecule has 0 radical (unpaired) electrons. The van der Waals surface area contributed by atoms with Gasteiger partial charge >= 0.3 is 0 Å². The van der Waals surface area contributed by atoms with Crippen molar-refractivity contribution in [3.05, 3.63) is 66.0 Å². The fraction of sp³-hybridized carbons (Fsp3) is 0.261. The molecule has 1 N–H and O–H groups in total. The minimum atomic E-state index is -3.66. The van der Waals surface area contributed by atoms with Crippen molar-refractivity contribution in [2.24, 2.45) is 7.05 Å². The smallest absolute Gasteiger partial charge is 0.207 e. The number of hydrogen-bond donors (Lipinski definition) is 1. The van der Waals surface area contributed by atoms with Crippen molar-refractivity contribution in [2.75, 3.05) is 0 Å². The lowest BCUT2D eigenvalue weighted by molar-refractivity contribution is 0.503. The number of sulfone groups is 1. The van der Waals surface area contributed by atoms with Crippen molar-refractivity contribution in [1.82, 2.24) is 14.9 Å². The summed E-state index contributed by atoms with van der Waals surface area (Å²) in [5, 5.41) is 5.41. The van der Waals surface area contributed by atoms with Crippen LogP contribution in [0, 0.1) is 0 Å². The molecule has 2 aromatic heterocycles. The minimum absolute atomic E-state index is 0.311. The van der Waals surface area contributed by atoms with Crippen molar-refractivity contribution in [3.8, 4) is 0 Å². The van der Waals surface area contributed by atoms with Gasteiger partial charge in [0, 0.05) is 53.7 Å². The Morgan fingerprint density at radius 3 is 2.83 bits per heavy atom. The average Bonchev–Trinajstić information content (AvgIpc) is 3.26. The zero-order chi connectivity index (χ0) is 19.8. The van der Waals surface area contributed by atoms with Crippen molar-refractivity contribution in [1.29, 1.82) is 0 Å². The third kappa shape index (κ3) is 2.36. The Morgan fingerprint density at radius 1 is 1.07 bits per heavy atom. The molecule has 6 heteroatoms. The van der Waals surface area contributed by atoms with Crippen LogP contribution in [0.4, 0.5) is 0 Å². The zero-order valence-corrected chi connectivity index (χ0v) is 16.9. The van der Waals surface area contributed by atoms with E-state index in [-0.39, 0.29) is 0 Å². The molecule has 2 unspecified atom stereocenters. The number of aryl methyl sites for hydroxylation is 1. The quantitative estimate of drug-likeness (QED) is 0.551. The fourth-order valence-electron chi connectivity index (χ4n) is 5.18. The second kappa shape index (κ2) is 5.90. The Kier molecular flexibility index (Phi) is 3.50. The SMILES string of the molecule is Cn1c2c(c3cc(S(=O)(=O)c4ccnc5ccccc45)ccc31)C1CCC(C2)N1. The number of benzene rings is 2. The number of pyridine rings is 1. The van der Waals surface area contributed by atoms with E-state index in [0.717, 1.165) is 23.7 Å². The number of nitrogens with zero attached hydrogens (tertiary/aromatic N) is 2. The molecule has 0 spiro atoms. The second-order valence-electron chi connectivity index (χ2n) is 8.13. The minimum Gasteiger partial charge on any atom is -0.347 e. The first-order chi connectivity index (χ1) is 14.0. The number of nitrogens with one attached hydrogen (secondary N) is 1. The summed E-state index contributed by atoms with van der Waals surface area (Å²) in [6.45, 7) is 0. The lowest BCUT2D eigenvalue weighted by Gasteiger charge is -2.23. The molecule has 29 heavy (non-hydrogen) atoms. The largest absolute Gasteiger partial charge is 0.347 e. The molecular formula is C23H21N3O2S. The molecular weight excluding hydrogens is 382 g/mol. The molecule has 0 saturated carbocycles. The number of rotatable bonds is 2. The molecule has 1 saturated heterocycles. The van der Waals surface area contributed by atoms with Gasteiger partial charge in [-0.05, 0) is 48.7 Å². The van der Waals surface area contributed by atoms with Crippen LogP contribution in [0.25, 0.3) is 21.8 Å². The van der Waals surface area contributed by atoms with Crippen LogP contribution in [-0.4, -0.2) is 24.0 Å². The van der Waals surface area contributed by atoms with Gasteiger partial charge in [0.15, 0.2) is 0 Å². The number of fused-ring (bicyclic) bond motifs is 7. The van der Waals surface area contributed by atoms with Gasteiger partial charge in [0.2, 0.25) is 9.84 Å². The first kappa shape index (κ1) is 17.2. The van der Waals surface area contributed by atoms with Crippen LogP contribution in [0.2, 0.25) is 0 Å². The Morgan fingerprint density at radius 2 is 1.93 bits per heavy atom. The topological polar surface area (TPSA) is 64.0 Å². The van der Waals surface area contributed by atoms with E-state index in [1.165, 1.54) is 17.7 Å². The van der Waals surface area contributed by atoms with Crippen molar-refractivity contribution < 1.29 is 8.42 Å². The molecule has 1 fully saturated rings. The molecule has 146 valence electrons. The highest BCUT2D eigenvalue weighted by Gasteiger charge is 2.36. The average molecular weight is 404 g/mol. The highest BCUT2D eigenvalue weighted by atomic mass is 32.2. The molecule has 0 amide bonds. The van der Waals surface area contributed by atoms with E-state index >= 15 is 0 Å². The summed E-state index contributed by atoms with van der Waals surface area (Å²) in [7, 11) is -1.56. The lowest BCUT2D eigenvalue weighted by atomic mass is 9.99. The normalized spacial score (nSPS) is 21.0. The summed E-state index contributed by atoms with van der Waals surface area (Å²) in [5.41, 5.74) is 4.42. The third-order valence-corrected chi connectivity index (χ3v) is 8.38. The molecule has 2 aromatic carbocycles. The Labute approximate surface area is 169 Å². The Bertz CT molecular complexity index is 1400. The van der Waals surface area contributed by atoms with Gasteiger partial charge in [0.05, 0.1) is 15.3 Å². The van der Waals surface area contributed by atoms with Gasteiger partial charge in [0.25, 0.3) is 0 Å². The van der Waals surface area contributed by atoms with Crippen LogP contribution in [0.15, 0.2) is 64.5 Å². The highest BCUT2D eigenvalue weighted by Crippen LogP contribution is 2.42. The van der Waals surface area contributed by atoms with Gasteiger partial charge in [-0.2, -0.15) is 0 Å². The molecule has 5 nitrogen and oxygen atoms in total. The van der Waals surface area contributed by atoms with E-state index in [0.29, 0.717) is 32.8 Å². The van der Waals surface area contributed by atoms with Gasteiger partial charge < -0.3 is 9.88 Å². The van der Waals surface area contributed by atoms with Crippen molar-refractivity contribution in [2.45, 2.75) is 41.1 Å². The third-order valence-electron chi connectivity index (χ3n) is 6.57. The van der Waals surface area contributed by atoms with E-state index in [1.807, 2.05) is 36.4 Å². The monoisotopic (exact) mass is 403 g/mol. The molecule has 4 heterocycles. The first-order valence-corrected chi connectivity index (χ1v) is 11.5. The van der Waals surface area contributed by atoms with Crippen LogP contribution in [0.3, 0.4) is 0 Å². The first-order valence-electron chi connectivity index (χ1n) is 10.00. The molecule has 2 aliphatic heterocycles. The summed E-state index contributed by atoms with van der Waals surface area (Å²) in [6.07, 6.45) is 4.87. The number of hydrogen-bond acceptors (Lipinski definition) is 4. The van der Waals surface area contributed by atoms with Crippen molar-refractivity contribution in [3.63, 3.8) is 0 Å². The summed E-state index contributed by atoms with van der Waals surface area (Å²) < 4.78 is 29.4. The van der Waals surface area contributed by atoms with Crippen LogP contribution in [0.5, 0.6) is 0 Å². The van der Waals surface area contributed by atoms with Gasteiger partial charge in [-0.25, -0.2) is 8.42 Å². The standard InChI is InChI=1S/C23H21N3O2S/c1-26-20-9-7-15(13-17(20)23-19-8-6-14(25-19)12-21(23)26)29(27,28)22-10-11-24-18-5-3-2-4-16(18)22/h2-5,7,9-11,13-14,19,25H,6,8,12H2,1H3. The summed E-state index contributed by atoms with van der Waals surface area (Å²) in [6, 6.07) is 15.4. The lowest BCUT2D eigenvalue weighted by Crippen LogP contribution is -2.32. The van der Waals surface area contributed by atoms with E-state index in [2.05, 4.69) is 21.9 Å². The second-order valence-corrected chi connectivity index (χ2v) is 10.0. The van der Waals surface area contributed by atoms with Crippen molar-refractivity contribution >= 4 is 31.6 Å². The molecule has 2 aliphatic rings. The molecule has 2 atom stereocenters. The summed E-state index contributed by atoms with van der Waals surface area (Å²) in [5.74, 6) is 0. The predicted molar refractivity (Wildman–Crippen MR) is 113 cm³/mol. The van der Waals surface area contributed by atoms with E-state index in [4.69, 9.17) is 0 Å². The van der Waals surface area contributed by atoms with E-state index in [1.54, 1.807) is 18.3 Å². The maximum absolute atomic E-state index is 13.6. The van der Waals surface area contributed by atoms with E-state index in [9.17, 15) is 8.42 Å². The summed E-state index contributed by atoms with van der Waals surface area (Å²) in [4.78, 5) is 4.96. The maximum atomic E-state index is 13.6. The van der Waals surface area contributed by atoms with Gasteiger partial charge in [-0.1, -0.05) is 18.2 Å². The number of aromatic nitrogens is 2. The van der Waals surface area contributed by atoms with Gasteiger partial charge in [-0.3, -0.25) is 4.98 Å². The fourth-order valence-corrected chi connectivity index (χ4v) is 6.66. The van der Waals surface area contributed by atoms with E-state index < -0.39 is 9.84 Å². The van der Waals surface area contributed by atoms with Crippen LogP contribution in [0.1, 0.15) is 30.1 Å². The predicted octanol–water partition coefficient (Wildman–Crippen LogP) is 3.91. The molecule has 0 aliphatic carbocycles. The molecule has 4 aromatic rings.